The van der Waals surface area contributed by atoms with Gasteiger partial charge >= 0.3 is 7.60 Å². The molecule has 0 spiro atoms. The first kappa shape index (κ1) is 19.3. The molecule has 0 aromatic heterocycles. The zero-order chi connectivity index (χ0) is 21.1. The van der Waals surface area contributed by atoms with Gasteiger partial charge in [0.25, 0.3) is 5.91 Å². The molecule has 3 heterocycles. The summed E-state index contributed by atoms with van der Waals surface area (Å²) < 4.78 is 36.2. The first-order valence-corrected chi connectivity index (χ1v) is 11.0. The molecule has 9 heteroatoms. The van der Waals surface area contributed by atoms with Crippen molar-refractivity contribution in [1.29, 1.82) is 0 Å². The summed E-state index contributed by atoms with van der Waals surface area (Å²) in [5, 5.41) is 11.1. The third-order valence-electron chi connectivity index (χ3n) is 5.20. The number of benzene rings is 2. The van der Waals surface area contributed by atoms with Crippen molar-refractivity contribution < 1.29 is 33.1 Å². The number of anilines is 1. The van der Waals surface area contributed by atoms with Crippen molar-refractivity contribution in [2.45, 2.75) is 13.8 Å². The number of nitrogens with zero attached hydrogens (tertiary/aromatic N) is 1. The Morgan fingerprint density at radius 1 is 1.07 bits per heavy atom. The molecule has 3 aliphatic heterocycles. The van der Waals surface area contributed by atoms with Crippen molar-refractivity contribution >= 4 is 30.1 Å². The summed E-state index contributed by atoms with van der Waals surface area (Å²) in [5.41, 5.74) is 0.852. The van der Waals surface area contributed by atoms with E-state index in [2.05, 4.69) is 0 Å². The molecule has 1 fully saturated rings. The molecule has 2 aromatic carbocycles. The van der Waals surface area contributed by atoms with E-state index in [4.69, 9.17) is 18.5 Å². The minimum atomic E-state index is -3.86. The fourth-order valence-electron chi connectivity index (χ4n) is 3.63. The number of rotatable bonds is 2. The van der Waals surface area contributed by atoms with Gasteiger partial charge in [-0.25, -0.2) is 0 Å². The van der Waals surface area contributed by atoms with Crippen LogP contribution >= 0.6 is 7.60 Å². The second-order valence-corrected chi connectivity index (χ2v) is 10.1. The van der Waals surface area contributed by atoms with Gasteiger partial charge in [0, 0.05) is 17.0 Å². The van der Waals surface area contributed by atoms with Crippen LogP contribution in [0.5, 0.6) is 11.5 Å². The highest BCUT2D eigenvalue weighted by molar-refractivity contribution is 7.65. The van der Waals surface area contributed by atoms with Gasteiger partial charge < -0.3 is 18.5 Å². The first-order valence-electron chi connectivity index (χ1n) is 9.46. The number of hydrogen-bond donors (Lipinski definition) is 1. The molecule has 156 valence electrons. The lowest BCUT2D eigenvalue weighted by molar-refractivity contribution is -0.117. The highest BCUT2D eigenvalue weighted by atomic mass is 31.2. The van der Waals surface area contributed by atoms with Crippen molar-refractivity contribution in [2.24, 2.45) is 5.41 Å². The summed E-state index contributed by atoms with van der Waals surface area (Å²) in [6.45, 7) is 4.34. The second kappa shape index (κ2) is 6.68. The Hall–Kier alpha value is -2.64. The van der Waals surface area contributed by atoms with E-state index in [1.165, 1.54) is 6.07 Å². The molecule has 3 aliphatic rings. The standard InChI is InChI=1S/C21H20NO7P/c1-21(2)10-28-30(25,29-11-21)19(13-6-4-3-5-7-13)18-14-8-16-17(27-12-26-16)9-15(14)22(24)20(18)23/h3-9,24H,10-12H2,1-2H3/b19-18+. The Balaban J connectivity index is 1.76. The summed E-state index contributed by atoms with van der Waals surface area (Å²) in [6.07, 6.45) is 0. The normalized spacial score (nSPS) is 22.8. The molecule has 5 rings (SSSR count). The average Bonchev–Trinajstić information content (AvgIpc) is 3.28. The molecule has 0 saturated carbocycles. The van der Waals surface area contributed by atoms with E-state index in [1.807, 2.05) is 19.9 Å². The number of hydrogen-bond acceptors (Lipinski definition) is 7. The molecule has 0 radical (unpaired) electrons. The van der Waals surface area contributed by atoms with Gasteiger partial charge in [-0.15, -0.1) is 0 Å². The zero-order valence-electron chi connectivity index (χ0n) is 16.5. The smallest absolute Gasteiger partial charge is 0.362 e. The lowest BCUT2D eigenvalue weighted by atomic mass is 9.97. The number of ether oxygens (including phenoxy) is 2. The van der Waals surface area contributed by atoms with Crippen LogP contribution in [0.4, 0.5) is 5.69 Å². The van der Waals surface area contributed by atoms with Gasteiger partial charge in [0.15, 0.2) is 11.5 Å². The Morgan fingerprint density at radius 2 is 1.70 bits per heavy atom. The van der Waals surface area contributed by atoms with Crippen LogP contribution in [0.3, 0.4) is 0 Å². The van der Waals surface area contributed by atoms with Crippen molar-refractivity contribution in [3.05, 3.63) is 53.6 Å². The van der Waals surface area contributed by atoms with E-state index in [0.29, 0.717) is 27.7 Å². The minimum absolute atomic E-state index is 0.0436. The van der Waals surface area contributed by atoms with Gasteiger partial charge in [0.05, 0.1) is 29.8 Å². The van der Waals surface area contributed by atoms with Crippen LogP contribution in [-0.4, -0.2) is 31.1 Å². The SMILES string of the molecule is CC1(C)COP(=O)(/C(=C2/C(=O)N(O)c3cc4c(cc32)OCO4)c2ccccc2)OC1. The first-order chi connectivity index (χ1) is 14.3. The van der Waals surface area contributed by atoms with Crippen LogP contribution < -0.4 is 14.5 Å². The van der Waals surface area contributed by atoms with Gasteiger partial charge in [-0.2, -0.15) is 5.06 Å². The minimum Gasteiger partial charge on any atom is -0.454 e. The lowest BCUT2D eigenvalue weighted by Crippen LogP contribution is -2.30. The predicted molar refractivity (Wildman–Crippen MR) is 108 cm³/mol. The molecule has 0 unspecified atom stereocenters. The molecule has 0 aliphatic carbocycles. The fraction of sp³-hybridized carbons (Fsp3) is 0.286. The van der Waals surface area contributed by atoms with Gasteiger partial charge in [0.1, 0.15) is 0 Å². The molecule has 1 saturated heterocycles. The van der Waals surface area contributed by atoms with Gasteiger partial charge in [-0.1, -0.05) is 44.2 Å². The van der Waals surface area contributed by atoms with E-state index in [1.54, 1.807) is 30.3 Å². The third kappa shape index (κ3) is 2.96. The van der Waals surface area contributed by atoms with E-state index < -0.39 is 13.5 Å². The topological polar surface area (TPSA) is 94.5 Å². The number of fused-ring (bicyclic) bond motifs is 2. The molecule has 1 N–H and O–H groups in total. The van der Waals surface area contributed by atoms with Crippen molar-refractivity contribution in [3.8, 4) is 11.5 Å². The van der Waals surface area contributed by atoms with Crippen LogP contribution in [0.2, 0.25) is 0 Å². The van der Waals surface area contributed by atoms with Crippen LogP contribution in [-0.2, 0) is 18.4 Å². The highest BCUT2D eigenvalue weighted by Crippen LogP contribution is 2.67. The van der Waals surface area contributed by atoms with Crippen LogP contribution in [0.1, 0.15) is 25.0 Å². The van der Waals surface area contributed by atoms with E-state index in [-0.39, 0.29) is 42.0 Å². The highest BCUT2D eigenvalue weighted by Gasteiger charge is 2.46. The monoisotopic (exact) mass is 429 g/mol. The van der Waals surface area contributed by atoms with Gasteiger partial charge in [0.2, 0.25) is 6.79 Å². The van der Waals surface area contributed by atoms with Crippen molar-refractivity contribution in [2.75, 3.05) is 25.1 Å². The number of amides is 1. The number of carbonyl (C=O) groups is 1. The van der Waals surface area contributed by atoms with Crippen LogP contribution in [0.25, 0.3) is 10.9 Å². The lowest BCUT2D eigenvalue weighted by Gasteiger charge is -2.35. The summed E-state index contributed by atoms with van der Waals surface area (Å²) in [5.74, 6) is 0.133. The molecule has 0 bridgehead atoms. The summed E-state index contributed by atoms with van der Waals surface area (Å²) in [6, 6.07) is 11.9. The van der Waals surface area contributed by atoms with E-state index in [0.717, 1.165) is 0 Å². The molecular formula is C21H20NO7P. The molecule has 30 heavy (non-hydrogen) atoms. The summed E-state index contributed by atoms with van der Waals surface area (Å²) >= 11 is 0. The Morgan fingerprint density at radius 3 is 2.37 bits per heavy atom. The Bertz CT molecular complexity index is 1110. The van der Waals surface area contributed by atoms with Crippen molar-refractivity contribution in [3.63, 3.8) is 0 Å². The molecule has 2 aromatic rings. The maximum Gasteiger partial charge on any atom is 0.362 e. The molecule has 0 atom stereocenters. The van der Waals surface area contributed by atoms with E-state index in [9.17, 15) is 14.6 Å². The summed E-state index contributed by atoms with van der Waals surface area (Å²) in [4.78, 5) is 13.1. The average molecular weight is 429 g/mol. The zero-order valence-corrected chi connectivity index (χ0v) is 17.3. The Labute approximate surface area is 173 Å². The summed E-state index contributed by atoms with van der Waals surface area (Å²) in [7, 11) is -3.86. The van der Waals surface area contributed by atoms with E-state index >= 15 is 0 Å². The number of carbonyl (C=O) groups excluding carboxylic acids is 1. The maximum absolute atomic E-state index is 13.9. The van der Waals surface area contributed by atoms with Crippen molar-refractivity contribution in [1.82, 2.24) is 0 Å². The quantitative estimate of drug-likeness (QED) is 0.432. The van der Waals surface area contributed by atoms with Gasteiger partial charge in [-0.05, 0) is 11.6 Å². The van der Waals surface area contributed by atoms with Gasteiger partial charge in [-0.3, -0.25) is 14.6 Å². The fourth-order valence-corrected chi connectivity index (χ4v) is 5.96. The molecular weight excluding hydrogens is 409 g/mol. The maximum atomic E-state index is 13.9. The second-order valence-electron chi connectivity index (χ2n) is 8.14. The largest absolute Gasteiger partial charge is 0.454 e. The third-order valence-corrected chi connectivity index (χ3v) is 7.17. The molecule has 1 amide bonds. The number of hydroxylamine groups is 1. The van der Waals surface area contributed by atoms with Crippen LogP contribution in [0, 0.1) is 5.41 Å². The predicted octanol–water partition coefficient (Wildman–Crippen LogP) is 4.29. The van der Waals surface area contributed by atoms with Crippen LogP contribution in [0.15, 0.2) is 42.5 Å². The molecule has 8 nitrogen and oxygen atoms in total. The Kier molecular flexibility index (Phi) is 4.31.